The second-order valence-corrected chi connectivity index (χ2v) is 8.16. The maximum atomic E-state index is 12.3. The molecule has 0 fully saturated rings. The van der Waals surface area contributed by atoms with Gasteiger partial charge in [0.25, 0.3) is 0 Å². The average Bonchev–Trinajstić information content (AvgIpc) is 2.92. The van der Waals surface area contributed by atoms with Gasteiger partial charge in [0, 0.05) is 12.6 Å². The summed E-state index contributed by atoms with van der Waals surface area (Å²) in [5.74, 6) is 1.60. The molecule has 8 nitrogen and oxygen atoms in total. The van der Waals surface area contributed by atoms with Crippen LogP contribution in [0.15, 0.2) is 30.6 Å². The molecule has 0 aliphatic rings. The Bertz CT molecular complexity index is 1030. The Balaban J connectivity index is 2.05. The molecule has 26 heavy (non-hydrogen) atoms. The van der Waals surface area contributed by atoms with Gasteiger partial charge in [0.2, 0.25) is 10.0 Å². The lowest BCUT2D eigenvalue weighted by Crippen LogP contribution is -2.21. The van der Waals surface area contributed by atoms with E-state index in [1.54, 1.807) is 11.7 Å². The van der Waals surface area contributed by atoms with Crippen LogP contribution in [0.5, 0.6) is 5.75 Å². The number of anilines is 1. The summed E-state index contributed by atoms with van der Waals surface area (Å²) in [6.45, 7) is 3.69. The third-order valence-corrected chi connectivity index (χ3v) is 5.42. The molecule has 0 radical (unpaired) electrons. The second kappa shape index (κ2) is 6.91. The molecule has 138 valence electrons. The van der Waals surface area contributed by atoms with Gasteiger partial charge in [0.1, 0.15) is 17.9 Å². The van der Waals surface area contributed by atoms with E-state index in [1.807, 2.05) is 45.2 Å². The Morgan fingerprint density at radius 2 is 1.88 bits per heavy atom. The highest BCUT2D eigenvalue weighted by Gasteiger charge is 2.19. The Kier molecular flexibility index (Phi) is 4.82. The maximum absolute atomic E-state index is 12.3. The minimum absolute atomic E-state index is 0.00317. The molecule has 0 atom stereocenters. The number of imidazole rings is 1. The Morgan fingerprint density at radius 3 is 2.50 bits per heavy atom. The van der Waals surface area contributed by atoms with E-state index in [2.05, 4.69) is 19.7 Å². The zero-order valence-electron chi connectivity index (χ0n) is 15.1. The monoisotopic (exact) mass is 375 g/mol. The van der Waals surface area contributed by atoms with Crippen LogP contribution >= 0.6 is 0 Å². The number of rotatable bonds is 6. The number of sulfonamides is 1. The van der Waals surface area contributed by atoms with E-state index in [0.717, 1.165) is 11.3 Å². The van der Waals surface area contributed by atoms with Gasteiger partial charge in [0.15, 0.2) is 17.0 Å². The molecule has 0 amide bonds. The molecule has 0 saturated heterocycles. The SMILES string of the molecule is COc1ccc(-c2nc3c(NS(=O)(=O)CC(C)C)ncnc3n2C)cc1. The van der Waals surface area contributed by atoms with Gasteiger partial charge in [-0.15, -0.1) is 0 Å². The van der Waals surface area contributed by atoms with E-state index >= 15 is 0 Å². The summed E-state index contributed by atoms with van der Waals surface area (Å²) >= 11 is 0. The van der Waals surface area contributed by atoms with E-state index in [-0.39, 0.29) is 17.5 Å². The fraction of sp³-hybridized carbons (Fsp3) is 0.353. The van der Waals surface area contributed by atoms with Crippen LogP contribution in [0.2, 0.25) is 0 Å². The first-order chi connectivity index (χ1) is 12.3. The predicted octanol–water partition coefficient (Wildman–Crippen LogP) is 2.44. The average molecular weight is 375 g/mol. The number of ether oxygens (including phenoxy) is 1. The first-order valence-electron chi connectivity index (χ1n) is 8.13. The molecule has 2 heterocycles. The fourth-order valence-electron chi connectivity index (χ4n) is 2.70. The van der Waals surface area contributed by atoms with Crippen LogP contribution in [0, 0.1) is 5.92 Å². The molecule has 1 aromatic carbocycles. The Morgan fingerprint density at radius 1 is 1.19 bits per heavy atom. The molecule has 2 aromatic heterocycles. The lowest BCUT2D eigenvalue weighted by molar-refractivity contribution is 0.415. The number of aryl methyl sites for hydroxylation is 1. The molecular formula is C17H21N5O3S. The molecule has 0 unspecified atom stereocenters. The standard InChI is InChI=1S/C17H21N5O3S/c1-11(2)9-26(23,24)21-15-14-17(19-10-18-15)22(3)16(20-14)12-5-7-13(25-4)8-6-12/h5-8,10-11H,9H2,1-4H3,(H,18,19,21). The number of fused-ring (bicyclic) bond motifs is 1. The molecule has 9 heteroatoms. The number of nitrogens with zero attached hydrogens (tertiary/aromatic N) is 4. The van der Waals surface area contributed by atoms with Crippen LogP contribution < -0.4 is 9.46 Å². The third-order valence-electron chi connectivity index (χ3n) is 3.81. The molecular weight excluding hydrogens is 354 g/mol. The highest BCUT2D eigenvalue weighted by molar-refractivity contribution is 7.92. The van der Waals surface area contributed by atoms with Crippen molar-refractivity contribution in [1.82, 2.24) is 19.5 Å². The van der Waals surface area contributed by atoms with Crippen molar-refractivity contribution >= 4 is 27.0 Å². The number of methoxy groups -OCH3 is 1. The summed E-state index contributed by atoms with van der Waals surface area (Å²) in [6.07, 6.45) is 1.33. The van der Waals surface area contributed by atoms with Crippen molar-refractivity contribution < 1.29 is 13.2 Å². The van der Waals surface area contributed by atoms with E-state index in [9.17, 15) is 8.42 Å². The van der Waals surface area contributed by atoms with Crippen LogP contribution in [-0.2, 0) is 17.1 Å². The van der Waals surface area contributed by atoms with E-state index in [0.29, 0.717) is 17.0 Å². The number of hydrogen-bond donors (Lipinski definition) is 1. The molecule has 0 saturated carbocycles. The van der Waals surface area contributed by atoms with Crippen molar-refractivity contribution in [3.63, 3.8) is 0 Å². The first-order valence-corrected chi connectivity index (χ1v) is 9.78. The van der Waals surface area contributed by atoms with Crippen LogP contribution in [-0.4, -0.2) is 40.8 Å². The van der Waals surface area contributed by atoms with Crippen molar-refractivity contribution in [2.45, 2.75) is 13.8 Å². The normalized spacial score (nSPS) is 11.9. The van der Waals surface area contributed by atoms with Crippen molar-refractivity contribution in [3.8, 4) is 17.1 Å². The highest BCUT2D eigenvalue weighted by Crippen LogP contribution is 2.27. The van der Waals surface area contributed by atoms with Crippen LogP contribution in [0.1, 0.15) is 13.8 Å². The smallest absolute Gasteiger partial charge is 0.234 e. The summed E-state index contributed by atoms with van der Waals surface area (Å²) in [6, 6.07) is 7.45. The molecule has 1 N–H and O–H groups in total. The third kappa shape index (κ3) is 3.62. The molecule has 0 aliphatic heterocycles. The van der Waals surface area contributed by atoms with Crippen molar-refractivity contribution in [2.24, 2.45) is 13.0 Å². The second-order valence-electron chi connectivity index (χ2n) is 6.39. The van der Waals surface area contributed by atoms with Gasteiger partial charge in [0.05, 0.1) is 12.9 Å². The summed E-state index contributed by atoms with van der Waals surface area (Å²) in [5, 5.41) is 0. The van der Waals surface area contributed by atoms with Gasteiger partial charge < -0.3 is 9.30 Å². The van der Waals surface area contributed by atoms with Gasteiger partial charge in [-0.2, -0.15) is 0 Å². The van der Waals surface area contributed by atoms with E-state index in [1.165, 1.54) is 6.33 Å². The van der Waals surface area contributed by atoms with Gasteiger partial charge in [-0.3, -0.25) is 4.72 Å². The zero-order valence-corrected chi connectivity index (χ0v) is 15.9. The van der Waals surface area contributed by atoms with Crippen LogP contribution in [0.4, 0.5) is 5.82 Å². The topological polar surface area (TPSA) is 99.0 Å². The number of benzene rings is 1. The molecule has 0 aliphatic carbocycles. The first kappa shape index (κ1) is 18.1. The minimum Gasteiger partial charge on any atom is -0.497 e. The van der Waals surface area contributed by atoms with Gasteiger partial charge in [-0.1, -0.05) is 13.8 Å². The lowest BCUT2D eigenvalue weighted by atomic mass is 10.2. The maximum Gasteiger partial charge on any atom is 0.234 e. The van der Waals surface area contributed by atoms with Crippen molar-refractivity contribution in [3.05, 3.63) is 30.6 Å². The quantitative estimate of drug-likeness (QED) is 0.710. The van der Waals surface area contributed by atoms with Gasteiger partial charge >= 0.3 is 0 Å². The largest absolute Gasteiger partial charge is 0.497 e. The minimum atomic E-state index is -3.51. The summed E-state index contributed by atoms with van der Waals surface area (Å²) in [5.41, 5.74) is 1.82. The predicted molar refractivity (Wildman–Crippen MR) is 101 cm³/mol. The number of hydrogen-bond acceptors (Lipinski definition) is 6. The molecule has 3 rings (SSSR count). The van der Waals surface area contributed by atoms with Gasteiger partial charge in [-0.25, -0.2) is 23.4 Å². The van der Waals surface area contributed by atoms with E-state index in [4.69, 9.17) is 4.74 Å². The summed E-state index contributed by atoms with van der Waals surface area (Å²) in [7, 11) is -0.0746. The number of nitrogens with one attached hydrogen (secondary N) is 1. The van der Waals surface area contributed by atoms with Crippen molar-refractivity contribution in [1.29, 1.82) is 0 Å². The molecule has 3 aromatic rings. The highest BCUT2D eigenvalue weighted by atomic mass is 32.2. The lowest BCUT2D eigenvalue weighted by Gasteiger charge is -2.09. The molecule has 0 spiro atoms. The summed E-state index contributed by atoms with van der Waals surface area (Å²) in [4.78, 5) is 12.9. The number of aromatic nitrogens is 4. The van der Waals surface area contributed by atoms with Crippen LogP contribution in [0.25, 0.3) is 22.6 Å². The van der Waals surface area contributed by atoms with Gasteiger partial charge in [-0.05, 0) is 30.2 Å². The van der Waals surface area contributed by atoms with Crippen LogP contribution in [0.3, 0.4) is 0 Å². The zero-order chi connectivity index (χ0) is 18.9. The summed E-state index contributed by atoms with van der Waals surface area (Å²) < 4.78 is 34.0. The van der Waals surface area contributed by atoms with E-state index < -0.39 is 10.0 Å². The van der Waals surface area contributed by atoms with Crippen molar-refractivity contribution in [2.75, 3.05) is 17.6 Å². The molecule has 0 bridgehead atoms. The Labute approximate surface area is 152 Å². The Hall–Kier alpha value is -2.68. The fourth-order valence-corrected chi connectivity index (χ4v) is 4.10.